The van der Waals surface area contributed by atoms with Crippen molar-refractivity contribution in [1.29, 1.82) is 0 Å². The number of carbonyl (C=O) groups is 2. The van der Waals surface area contributed by atoms with E-state index < -0.39 is 0 Å². The standard InChI is InChI=1S/C28H30N4O5/c1-19-17-30(12-13-31(19)28(34)29-22-7-9-23(35-2)10-8-22)26(33)25-16-21-11-14-37-27(21)32(25)18-20-5-4-6-24(15-20)36-3/h4-11,14-16,19H,12-13,17-18H2,1-3H3,(H,29,34)/t19-/m1/s1. The molecule has 3 amide bonds. The van der Waals surface area contributed by atoms with Gasteiger partial charge in [0.05, 0.1) is 27.0 Å². The van der Waals surface area contributed by atoms with Crippen molar-refractivity contribution in [3.8, 4) is 11.5 Å². The second-order valence-corrected chi connectivity index (χ2v) is 9.10. The first-order valence-corrected chi connectivity index (χ1v) is 12.2. The van der Waals surface area contributed by atoms with Gasteiger partial charge in [0, 0.05) is 36.7 Å². The predicted octanol–water partition coefficient (Wildman–Crippen LogP) is 4.68. The van der Waals surface area contributed by atoms with Crippen LogP contribution in [0.4, 0.5) is 10.5 Å². The lowest BCUT2D eigenvalue weighted by Crippen LogP contribution is -2.56. The van der Waals surface area contributed by atoms with Crippen LogP contribution in [0.5, 0.6) is 11.5 Å². The van der Waals surface area contributed by atoms with Crippen molar-refractivity contribution in [2.24, 2.45) is 0 Å². The Balaban J connectivity index is 1.30. The molecule has 9 heteroatoms. The summed E-state index contributed by atoms with van der Waals surface area (Å²) >= 11 is 0. The smallest absolute Gasteiger partial charge is 0.322 e. The SMILES string of the molecule is COc1ccc(NC(=O)N2CCN(C(=O)c3cc4ccoc4n3Cc3cccc(OC)c3)C[C@H]2C)cc1. The third-order valence-electron chi connectivity index (χ3n) is 6.71. The summed E-state index contributed by atoms with van der Waals surface area (Å²) in [5.41, 5.74) is 2.89. The van der Waals surface area contributed by atoms with Gasteiger partial charge < -0.3 is 33.6 Å². The van der Waals surface area contributed by atoms with Gasteiger partial charge in [0.15, 0.2) is 0 Å². The summed E-state index contributed by atoms with van der Waals surface area (Å²) in [7, 11) is 3.23. The zero-order chi connectivity index (χ0) is 25.9. The van der Waals surface area contributed by atoms with Crippen LogP contribution in [0.15, 0.2) is 71.3 Å². The number of benzene rings is 2. The van der Waals surface area contributed by atoms with E-state index in [0.29, 0.717) is 43.3 Å². The number of rotatable bonds is 6. The lowest BCUT2D eigenvalue weighted by Gasteiger charge is -2.39. The number of urea groups is 1. The third-order valence-corrected chi connectivity index (χ3v) is 6.71. The van der Waals surface area contributed by atoms with E-state index in [-0.39, 0.29) is 18.0 Å². The average Bonchev–Trinajstić information content (AvgIpc) is 3.51. The molecule has 0 unspecified atom stereocenters. The van der Waals surface area contributed by atoms with Gasteiger partial charge in [-0.2, -0.15) is 0 Å². The van der Waals surface area contributed by atoms with Crippen molar-refractivity contribution < 1.29 is 23.5 Å². The lowest BCUT2D eigenvalue weighted by molar-refractivity contribution is 0.0582. The molecular weight excluding hydrogens is 472 g/mol. The van der Waals surface area contributed by atoms with Gasteiger partial charge in [-0.15, -0.1) is 0 Å². The van der Waals surface area contributed by atoms with E-state index in [1.807, 2.05) is 47.9 Å². The highest BCUT2D eigenvalue weighted by molar-refractivity contribution is 5.98. The van der Waals surface area contributed by atoms with Crippen LogP contribution < -0.4 is 14.8 Å². The number of carbonyl (C=O) groups excluding carboxylic acids is 2. The van der Waals surface area contributed by atoms with Crippen molar-refractivity contribution >= 4 is 28.7 Å². The Hall–Kier alpha value is -4.40. The maximum atomic E-state index is 13.7. The largest absolute Gasteiger partial charge is 0.497 e. The number of nitrogens with one attached hydrogen (secondary N) is 1. The van der Waals surface area contributed by atoms with Crippen LogP contribution in [0.3, 0.4) is 0 Å². The molecule has 0 aliphatic carbocycles. The van der Waals surface area contributed by atoms with E-state index in [4.69, 9.17) is 13.9 Å². The minimum atomic E-state index is -0.191. The van der Waals surface area contributed by atoms with E-state index in [9.17, 15) is 9.59 Å². The number of amides is 3. The van der Waals surface area contributed by atoms with Gasteiger partial charge in [0.2, 0.25) is 5.71 Å². The first-order valence-electron chi connectivity index (χ1n) is 12.2. The third kappa shape index (κ3) is 4.97. The molecule has 1 N–H and O–H groups in total. The molecule has 3 heterocycles. The van der Waals surface area contributed by atoms with Gasteiger partial charge in [-0.05, 0) is 61.0 Å². The summed E-state index contributed by atoms with van der Waals surface area (Å²) in [5.74, 6) is 1.39. The number of piperazine rings is 1. The topological polar surface area (TPSA) is 89.2 Å². The Bertz CT molecular complexity index is 1410. The molecule has 1 saturated heterocycles. The fourth-order valence-electron chi connectivity index (χ4n) is 4.74. The van der Waals surface area contributed by atoms with E-state index in [1.54, 1.807) is 54.5 Å². The molecule has 1 aliphatic heterocycles. The Labute approximate surface area is 215 Å². The van der Waals surface area contributed by atoms with Gasteiger partial charge in [0.25, 0.3) is 5.91 Å². The molecule has 0 radical (unpaired) electrons. The summed E-state index contributed by atoms with van der Waals surface area (Å²) in [4.78, 5) is 30.2. The number of ether oxygens (including phenoxy) is 2. The van der Waals surface area contributed by atoms with Gasteiger partial charge in [0.1, 0.15) is 17.2 Å². The molecule has 192 valence electrons. The van der Waals surface area contributed by atoms with E-state index in [2.05, 4.69) is 5.32 Å². The van der Waals surface area contributed by atoms with Crippen LogP contribution in [-0.4, -0.2) is 66.2 Å². The monoisotopic (exact) mass is 502 g/mol. The fraction of sp³-hybridized carbons (Fsp3) is 0.286. The highest BCUT2D eigenvalue weighted by atomic mass is 16.5. The molecule has 2 aromatic heterocycles. The predicted molar refractivity (Wildman–Crippen MR) is 140 cm³/mol. The molecule has 0 bridgehead atoms. The molecule has 1 atom stereocenters. The average molecular weight is 503 g/mol. The van der Waals surface area contributed by atoms with Crippen LogP contribution in [0, 0.1) is 0 Å². The second kappa shape index (κ2) is 10.3. The number of aromatic nitrogens is 1. The minimum absolute atomic E-state index is 0.0867. The summed E-state index contributed by atoms with van der Waals surface area (Å²) in [6, 6.07) is 18.3. The highest BCUT2D eigenvalue weighted by Gasteiger charge is 2.32. The lowest BCUT2D eigenvalue weighted by atomic mass is 10.1. The summed E-state index contributed by atoms with van der Waals surface area (Å²) in [6.07, 6.45) is 1.63. The number of hydrogen-bond donors (Lipinski definition) is 1. The van der Waals surface area contributed by atoms with Crippen molar-refractivity contribution in [1.82, 2.24) is 14.4 Å². The maximum Gasteiger partial charge on any atom is 0.322 e. The van der Waals surface area contributed by atoms with E-state index in [1.165, 1.54) is 0 Å². The molecule has 9 nitrogen and oxygen atoms in total. The molecule has 1 aliphatic rings. The van der Waals surface area contributed by atoms with Crippen molar-refractivity contribution in [2.45, 2.75) is 19.5 Å². The van der Waals surface area contributed by atoms with Gasteiger partial charge in [-0.3, -0.25) is 4.79 Å². The van der Waals surface area contributed by atoms with Crippen molar-refractivity contribution in [3.05, 3.63) is 78.2 Å². The molecule has 37 heavy (non-hydrogen) atoms. The van der Waals surface area contributed by atoms with Crippen LogP contribution in [-0.2, 0) is 6.54 Å². The summed E-state index contributed by atoms with van der Waals surface area (Å²) in [6.45, 7) is 3.72. The van der Waals surface area contributed by atoms with Crippen LogP contribution in [0.2, 0.25) is 0 Å². The molecule has 4 aromatic rings. The number of furan rings is 1. The first kappa shape index (κ1) is 24.3. The Morgan fingerprint density at radius 2 is 1.78 bits per heavy atom. The fourth-order valence-corrected chi connectivity index (χ4v) is 4.74. The number of methoxy groups -OCH3 is 2. The minimum Gasteiger partial charge on any atom is -0.497 e. The van der Waals surface area contributed by atoms with E-state index >= 15 is 0 Å². The zero-order valence-corrected chi connectivity index (χ0v) is 21.1. The first-order chi connectivity index (χ1) is 18.0. The highest BCUT2D eigenvalue weighted by Crippen LogP contribution is 2.26. The maximum absolute atomic E-state index is 13.7. The number of fused-ring (bicyclic) bond motifs is 1. The molecule has 1 fully saturated rings. The van der Waals surface area contributed by atoms with Crippen LogP contribution in [0.1, 0.15) is 23.0 Å². The summed E-state index contributed by atoms with van der Waals surface area (Å²) in [5, 5.41) is 3.80. The molecule has 0 spiro atoms. The Morgan fingerprint density at radius 3 is 2.51 bits per heavy atom. The van der Waals surface area contributed by atoms with Crippen LogP contribution in [0.25, 0.3) is 11.1 Å². The summed E-state index contributed by atoms with van der Waals surface area (Å²) < 4.78 is 18.2. The number of anilines is 1. The Kier molecular flexibility index (Phi) is 6.76. The normalized spacial score (nSPS) is 15.6. The molecule has 5 rings (SSSR count). The quantitative estimate of drug-likeness (QED) is 0.414. The number of hydrogen-bond acceptors (Lipinski definition) is 5. The molecule has 0 saturated carbocycles. The van der Waals surface area contributed by atoms with Crippen molar-refractivity contribution in [3.63, 3.8) is 0 Å². The molecular formula is C28H30N4O5. The molecule has 2 aromatic carbocycles. The van der Waals surface area contributed by atoms with Gasteiger partial charge in [-0.25, -0.2) is 4.79 Å². The second-order valence-electron chi connectivity index (χ2n) is 9.10. The van der Waals surface area contributed by atoms with Gasteiger partial charge in [-0.1, -0.05) is 12.1 Å². The van der Waals surface area contributed by atoms with Crippen LogP contribution >= 0.6 is 0 Å². The van der Waals surface area contributed by atoms with Crippen molar-refractivity contribution in [2.75, 3.05) is 39.2 Å². The Morgan fingerprint density at radius 1 is 1.00 bits per heavy atom. The van der Waals surface area contributed by atoms with E-state index in [0.717, 1.165) is 22.4 Å². The zero-order valence-electron chi connectivity index (χ0n) is 21.1. The number of nitrogens with zero attached hydrogens (tertiary/aromatic N) is 3. The van der Waals surface area contributed by atoms with Gasteiger partial charge >= 0.3 is 6.03 Å².